The van der Waals surface area contributed by atoms with Gasteiger partial charge in [-0.3, -0.25) is 4.79 Å². The highest BCUT2D eigenvalue weighted by atomic mass is 19.1. The molecule has 0 radical (unpaired) electrons. The number of ether oxygens (including phenoxy) is 3. The average Bonchev–Trinajstić information content (AvgIpc) is 3.43. The maximum atomic E-state index is 15.7. The van der Waals surface area contributed by atoms with Crippen LogP contribution in [-0.2, 0) is 0 Å². The molecule has 1 amide bonds. The number of piperazine rings is 1. The molecule has 2 aromatic heterocycles. The summed E-state index contributed by atoms with van der Waals surface area (Å²) in [5.41, 5.74) is 2.88. The summed E-state index contributed by atoms with van der Waals surface area (Å²) >= 11 is 0. The summed E-state index contributed by atoms with van der Waals surface area (Å²) in [6.45, 7) is 7.09. The molecule has 6 rings (SSSR count). The zero-order valence-corrected chi connectivity index (χ0v) is 22.3. The maximum Gasteiger partial charge on any atom is 0.270 e. The number of para-hydroxylation sites is 1. The minimum Gasteiger partial charge on any atom is -0.493 e. The first-order chi connectivity index (χ1) is 19.0. The van der Waals surface area contributed by atoms with Crippen LogP contribution in [0.4, 0.5) is 10.2 Å². The van der Waals surface area contributed by atoms with Crippen molar-refractivity contribution in [3.05, 3.63) is 65.7 Å². The number of aromatic amines is 1. The molecule has 0 aliphatic carbocycles. The first-order valence-electron chi connectivity index (χ1n) is 13.2. The van der Waals surface area contributed by atoms with Gasteiger partial charge in [0.15, 0.2) is 28.9 Å². The highest BCUT2D eigenvalue weighted by Gasteiger charge is 2.28. The smallest absolute Gasteiger partial charge is 0.270 e. The molecule has 0 atom stereocenters. The van der Waals surface area contributed by atoms with Gasteiger partial charge in [0.2, 0.25) is 0 Å². The van der Waals surface area contributed by atoms with Crippen LogP contribution in [0.3, 0.4) is 0 Å². The normalized spacial score (nSPS) is 15.2. The van der Waals surface area contributed by atoms with Gasteiger partial charge >= 0.3 is 0 Å². The Bertz CT molecular complexity index is 1540. The molecule has 1 N–H and O–H groups in total. The van der Waals surface area contributed by atoms with Crippen LogP contribution in [0, 0.1) is 5.82 Å². The van der Waals surface area contributed by atoms with Crippen LogP contribution < -0.4 is 19.1 Å². The molecule has 8 nitrogen and oxygen atoms in total. The number of rotatable bonds is 5. The van der Waals surface area contributed by atoms with Gasteiger partial charge in [0.25, 0.3) is 5.91 Å². The molecule has 2 aliphatic heterocycles. The summed E-state index contributed by atoms with van der Waals surface area (Å²) < 4.78 is 33.0. The van der Waals surface area contributed by atoms with Crippen LogP contribution >= 0.6 is 0 Å². The van der Waals surface area contributed by atoms with Gasteiger partial charge in [0.05, 0.1) is 12.6 Å². The second-order valence-corrected chi connectivity index (χ2v) is 10.1. The number of benzene rings is 2. The summed E-state index contributed by atoms with van der Waals surface area (Å²) in [6.07, 6.45) is 1.73. The minimum atomic E-state index is -0.336. The number of hydrogen-bond acceptors (Lipinski definition) is 6. The van der Waals surface area contributed by atoms with E-state index in [2.05, 4.69) is 14.9 Å². The fourth-order valence-electron chi connectivity index (χ4n) is 5.40. The number of hydrogen-bond donors (Lipinski definition) is 1. The highest BCUT2D eigenvalue weighted by Crippen LogP contribution is 2.44. The van der Waals surface area contributed by atoms with Gasteiger partial charge < -0.3 is 29.0 Å². The van der Waals surface area contributed by atoms with Crippen molar-refractivity contribution in [1.29, 1.82) is 0 Å². The van der Waals surface area contributed by atoms with Crippen LogP contribution in [0.1, 0.15) is 35.8 Å². The van der Waals surface area contributed by atoms with Crippen molar-refractivity contribution >= 4 is 22.6 Å². The van der Waals surface area contributed by atoms with Gasteiger partial charge in [-0.1, -0.05) is 26.0 Å². The third kappa shape index (κ3) is 4.41. The Hall–Kier alpha value is -4.27. The number of nitrogens with zero attached hydrogens (tertiary/aromatic N) is 3. The molecule has 0 unspecified atom stereocenters. The summed E-state index contributed by atoms with van der Waals surface area (Å²) in [6, 6.07) is 13.1. The Morgan fingerprint density at radius 2 is 1.85 bits per heavy atom. The number of carbonyl (C=O) groups excluding carboxylic acids is 1. The average molecular weight is 531 g/mol. The van der Waals surface area contributed by atoms with E-state index in [1.54, 1.807) is 24.3 Å². The van der Waals surface area contributed by atoms with E-state index in [-0.39, 0.29) is 17.6 Å². The van der Waals surface area contributed by atoms with Gasteiger partial charge in [-0.15, -0.1) is 0 Å². The zero-order chi connectivity index (χ0) is 27.1. The van der Waals surface area contributed by atoms with E-state index < -0.39 is 0 Å². The number of nitrogens with one attached hydrogen (secondary N) is 1. The monoisotopic (exact) mass is 530 g/mol. The third-order valence-electron chi connectivity index (χ3n) is 7.43. The molecule has 39 heavy (non-hydrogen) atoms. The summed E-state index contributed by atoms with van der Waals surface area (Å²) in [5, 5.41) is 0.639. The van der Waals surface area contributed by atoms with Crippen LogP contribution in [-0.4, -0.2) is 67.3 Å². The van der Waals surface area contributed by atoms with Gasteiger partial charge in [0, 0.05) is 43.3 Å². The number of aromatic nitrogens is 2. The predicted octanol–water partition coefficient (Wildman–Crippen LogP) is 5.23. The molecule has 4 heterocycles. The van der Waals surface area contributed by atoms with Crippen molar-refractivity contribution in [2.24, 2.45) is 0 Å². The Kier molecular flexibility index (Phi) is 6.50. The molecule has 2 aromatic carbocycles. The lowest BCUT2D eigenvalue weighted by Crippen LogP contribution is -2.49. The van der Waals surface area contributed by atoms with Crippen LogP contribution in [0.5, 0.6) is 17.2 Å². The molecule has 2 aliphatic rings. The van der Waals surface area contributed by atoms with E-state index in [0.717, 1.165) is 16.9 Å². The lowest BCUT2D eigenvalue weighted by molar-refractivity contribution is 0.0741. The van der Waals surface area contributed by atoms with Gasteiger partial charge in [-0.2, -0.15) is 0 Å². The second kappa shape index (κ2) is 10.1. The fourth-order valence-corrected chi connectivity index (χ4v) is 5.40. The topological polar surface area (TPSA) is 79.9 Å². The van der Waals surface area contributed by atoms with Crippen LogP contribution in [0.15, 0.2) is 48.7 Å². The Morgan fingerprint density at radius 3 is 2.62 bits per heavy atom. The van der Waals surface area contributed by atoms with E-state index in [0.29, 0.717) is 78.8 Å². The van der Waals surface area contributed by atoms with Crippen molar-refractivity contribution in [3.63, 3.8) is 0 Å². The molecule has 0 bridgehead atoms. The molecule has 4 aromatic rings. The van der Waals surface area contributed by atoms with Gasteiger partial charge in [-0.05, 0) is 47.4 Å². The predicted molar refractivity (Wildman–Crippen MR) is 148 cm³/mol. The Balaban J connectivity index is 1.34. The van der Waals surface area contributed by atoms with Crippen molar-refractivity contribution in [2.75, 3.05) is 51.4 Å². The molecule has 9 heteroatoms. The maximum absolute atomic E-state index is 15.7. The first kappa shape index (κ1) is 25.0. The molecule has 0 saturated carbocycles. The van der Waals surface area contributed by atoms with Crippen molar-refractivity contribution in [2.45, 2.75) is 19.8 Å². The largest absolute Gasteiger partial charge is 0.493 e. The third-order valence-corrected chi connectivity index (χ3v) is 7.43. The van der Waals surface area contributed by atoms with Crippen molar-refractivity contribution < 1.29 is 23.4 Å². The van der Waals surface area contributed by atoms with E-state index in [4.69, 9.17) is 14.2 Å². The Morgan fingerprint density at radius 1 is 1.05 bits per heavy atom. The van der Waals surface area contributed by atoms with Crippen LogP contribution in [0.2, 0.25) is 0 Å². The zero-order valence-electron chi connectivity index (χ0n) is 22.3. The van der Waals surface area contributed by atoms with E-state index in [1.807, 2.05) is 50.2 Å². The highest BCUT2D eigenvalue weighted by molar-refractivity contribution is 6.04. The summed E-state index contributed by atoms with van der Waals surface area (Å²) in [7, 11) is 1.62. The molecule has 0 spiro atoms. The first-order valence-corrected chi connectivity index (χ1v) is 13.2. The number of pyridine rings is 1. The molecule has 1 saturated heterocycles. The summed E-state index contributed by atoms with van der Waals surface area (Å²) in [4.78, 5) is 25.1. The lowest BCUT2D eigenvalue weighted by Gasteiger charge is -2.35. The minimum absolute atomic E-state index is 0.0519. The van der Waals surface area contributed by atoms with E-state index in [1.165, 1.54) is 0 Å². The SMILES string of the molecule is COc1cccnc1N1CCN(C(=O)c2cc3c(-c4cccc5c4OCCO5)cc(C(C)C)c(F)c3[nH]2)CC1. The van der Waals surface area contributed by atoms with E-state index in [9.17, 15) is 4.79 Å². The number of methoxy groups -OCH3 is 1. The van der Waals surface area contributed by atoms with Gasteiger partial charge in [0.1, 0.15) is 18.9 Å². The standard InChI is InChI=1S/C30H31FN4O4/c1-18(2)20-16-21(19-6-4-7-24-28(19)39-15-14-38-24)22-17-23(33-27(22)26(20)31)30(36)35-12-10-34(11-13-35)29-25(37-3)8-5-9-32-29/h4-9,16-18,33H,10-15H2,1-3H3. The van der Waals surface area contributed by atoms with E-state index >= 15 is 4.39 Å². The number of amides is 1. The molecule has 1 fully saturated rings. The Labute approximate surface area is 226 Å². The molecular formula is C30H31FN4O4. The second-order valence-electron chi connectivity index (χ2n) is 10.1. The number of anilines is 1. The van der Waals surface area contributed by atoms with Crippen molar-refractivity contribution in [3.8, 4) is 28.4 Å². The lowest BCUT2D eigenvalue weighted by atomic mass is 9.93. The molecular weight excluding hydrogens is 499 g/mol. The van der Waals surface area contributed by atoms with Crippen LogP contribution in [0.25, 0.3) is 22.0 Å². The van der Waals surface area contributed by atoms with Crippen molar-refractivity contribution in [1.82, 2.24) is 14.9 Å². The summed E-state index contributed by atoms with van der Waals surface area (Å²) in [5.74, 6) is 2.22. The quantitative estimate of drug-likeness (QED) is 0.381. The number of fused-ring (bicyclic) bond motifs is 2. The number of carbonyl (C=O) groups is 1. The number of H-pyrrole nitrogens is 1. The molecule has 202 valence electrons. The number of halogens is 1. The fraction of sp³-hybridized carbons (Fsp3) is 0.333. The van der Waals surface area contributed by atoms with Gasteiger partial charge in [-0.25, -0.2) is 9.37 Å².